The highest BCUT2D eigenvalue weighted by atomic mass is 32.2. The van der Waals surface area contributed by atoms with E-state index in [1.807, 2.05) is 37.2 Å². The number of carbonyl (C=O) groups is 2. The lowest BCUT2D eigenvalue weighted by molar-refractivity contribution is -0.131. The number of hydrogen-bond acceptors (Lipinski definition) is 5. The number of ether oxygens (including phenoxy) is 1. The lowest BCUT2D eigenvalue weighted by atomic mass is 10.2. The van der Waals surface area contributed by atoms with E-state index in [1.54, 1.807) is 35.7 Å². The maximum Gasteiger partial charge on any atom is 0.308 e. The molecule has 0 aliphatic carbocycles. The van der Waals surface area contributed by atoms with Gasteiger partial charge in [0.1, 0.15) is 5.75 Å². The van der Waals surface area contributed by atoms with Crippen LogP contribution in [0, 0.1) is 0 Å². The smallest absolute Gasteiger partial charge is 0.308 e. The van der Waals surface area contributed by atoms with Crippen molar-refractivity contribution in [2.24, 2.45) is 0 Å². The highest BCUT2D eigenvalue weighted by Crippen LogP contribution is 2.50. The maximum atomic E-state index is 12.2. The van der Waals surface area contributed by atoms with Crippen LogP contribution < -0.4 is 14.5 Å². The number of esters is 1. The van der Waals surface area contributed by atoms with Crippen LogP contribution in [0.4, 0.5) is 17.1 Å². The first-order chi connectivity index (χ1) is 11.4. The van der Waals surface area contributed by atoms with Gasteiger partial charge in [-0.2, -0.15) is 0 Å². The van der Waals surface area contributed by atoms with E-state index in [0.29, 0.717) is 5.75 Å². The monoisotopic (exact) mass is 342 g/mol. The van der Waals surface area contributed by atoms with Crippen molar-refractivity contribution in [3.8, 4) is 5.75 Å². The molecule has 1 aliphatic heterocycles. The Morgan fingerprint density at radius 3 is 2.21 bits per heavy atom. The molecule has 1 heterocycles. The molecule has 0 radical (unpaired) electrons. The topological polar surface area (TPSA) is 49.9 Å². The lowest BCUT2D eigenvalue weighted by Gasteiger charge is -2.31. The normalized spacial score (nSPS) is 12.2. The van der Waals surface area contributed by atoms with Gasteiger partial charge in [-0.3, -0.25) is 14.5 Å². The molecule has 24 heavy (non-hydrogen) atoms. The molecule has 0 fully saturated rings. The van der Waals surface area contributed by atoms with Gasteiger partial charge < -0.3 is 9.64 Å². The minimum Gasteiger partial charge on any atom is -0.427 e. The van der Waals surface area contributed by atoms with Crippen molar-refractivity contribution in [2.75, 3.05) is 23.9 Å². The second-order valence-electron chi connectivity index (χ2n) is 5.73. The van der Waals surface area contributed by atoms with Gasteiger partial charge in [0.25, 0.3) is 0 Å². The molecule has 3 rings (SSSR count). The van der Waals surface area contributed by atoms with E-state index in [4.69, 9.17) is 4.74 Å². The highest BCUT2D eigenvalue weighted by Gasteiger charge is 2.27. The van der Waals surface area contributed by atoms with Gasteiger partial charge in [0.05, 0.1) is 11.4 Å². The molecule has 0 unspecified atom stereocenters. The fourth-order valence-electron chi connectivity index (χ4n) is 2.63. The van der Waals surface area contributed by atoms with Crippen molar-refractivity contribution in [3.05, 3.63) is 36.4 Å². The largest absolute Gasteiger partial charge is 0.427 e. The summed E-state index contributed by atoms with van der Waals surface area (Å²) in [5.74, 6) is 0.0505. The zero-order valence-electron chi connectivity index (χ0n) is 14.0. The van der Waals surface area contributed by atoms with E-state index in [9.17, 15) is 9.59 Å². The molecule has 0 bridgehead atoms. The van der Waals surface area contributed by atoms with E-state index in [1.165, 1.54) is 6.92 Å². The van der Waals surface area contributed by atoms with Crippen molar-refractivity contribution < 1.29 is 14.3 Å². The molecule has 1 amide bonds. The summed E-state index contributed by atoms with van der Waals surface area (Å²) < 4.78 is 5.16. The summed E-state index contributed by atoms with van der Waals surface area (Å²) >= 11 is 1.56. The number of benzene rings is 2. The minimum atomic E-state index is -0.366. The van der Waals surface area contributed by atoms with Crippen LogP contribution in [-0.2, 0) is 9.59 Å². The van der Waals surface area contributed by atoms with Crippen LogP contribution in [0.3, 0.4) is 0 Å². The molecule has 0 atom stereocenters. The van der Waals surface area contributed by atoms with Crippen molar-refractivity contribution >= 4 is 40.7 Å². The summed E-state index contributed by atoms with van der Waals surface area (Å²) in [4.78, 5) is 29.0. The van der Waals surface area contributed by atoms with Crippen molar-refractivity contribution in [1.29, 1.82) is 0 Å². The number of rotatable bonds is 2. The zero-order valence-corrected chi connectivity index (χ0v) is 14.8. The summed E-state index contributed by atoms with van der Waals surface area (Å²) in [5, 5.41) is 0. The number of anilines is 3. The Morgan fingerprint density at radius 1 is 1.00 bits per heavy atom. The third-order valence-corrected chi connectivity index (χ3v) is 4.76. The molecule has 0 N–H and O–H groups in total. The summed E-state index contributed by atoms with van der Waals surface area (Å²) in [6.07, 6.45) is 0. The third-order valence-electron chi connectivity index (χ3n) is 3.67. The van der Waals surface area contributed by atoms with Crippen molar-refractivity contribution in [3.63, 3.8) is 0 Å². The zero-order chi connectivity index (χ0) is 17.4. The van der Waals surface area contributed by atoms with Crippen LogP contribution >= 0.6 is 11.8 Å². The molecule has 0 saturated carbocycles. The van der Waals surface area contributed by atoms with Crippen LogP contribution in [0.2, 0.25) is 0 Å². The van der Waals surface area contributed by atoms with Gasteiger partial charge in [0.15, 0.2) is 0 Å². The van der Waals surface area contributed by atoms with E-state index in [0.717, 1.165) is 26.9 Å². The number of nitrogens with zero attached hydrogens (tertiary/aromatic N) is 2. The molecular formula is C18H18N2O3S. The number of hydrogen-bond donors (Lipinski definition) is 0. The first kappa shape index (κ1) is 16.4. The van der Waals surface area contributed by atoms with Gasteiger partial charge in [-0.1, -0.05) is 11.8 Å². The maximum absolute atomic E-state index is 12.2. The molecule has 0 spiro atoms. The predicted octanol–water partition coefficient (Wildman–Crippen LogP) is 3.83. The van der Waals surface area contributed by atoms with Gasteiger partial charge in [-0.25, -0.2) is 0 Å². The molecule has 6 heteroatoms. The Labute approximate surface area is 145 Å². The SMILES string of the molecule is CC(=O)Oc1ccc2c(c1)Sc1cc(N(C)C)ccc1N2C(C)=O. The van der Waals surface area contributed by atoms with Gasteiger partial charge >= 0.3 is 5.97 Å². The van der Waals surface area contributed by atoms with E-state index < -0.39 is 0 Å². The molecular weight excluding hydrogens is 324 g/mol. The minimum absolute atomic E-state index is 0.0596. The van der Waals surface area contributed by atoms with Crippen molar-refractivity contribution in [2.45, 2.75) is 23.6 Å². The van der Waals surface area contributed by atoms with Crippen molar-refractivity contribution in [1.82, 2.24) is 0 Å². The molecule has 1 aliphatic rings. The molecule has 0 saturated heterocycles. The van der Waals surface area contributed by atoms with E-state index in [2.05, 4.69) is 6.07 Å². The van der Waals surface area contributed by atoms with Gasteiger partial charge in [0, 0.05) is 43.4 Å². The predicted molar refractivity (Wildman–Crippen MR) is 95.5 cm³/mol. The summed E-state index contributed by atoms with van der Waals surface area (Å²) in [6.45, 7) is 2.91. The van der Waals surface area contributed by atoms with Crippen LogP contribution in [0.25, 0.3) is 0 Å². The summed E-state index contributed by atoms with van der Waals surface area (Å²) in [5.41, 5.74) is 2.73. The fourth-order valence-corrected chi connectivity index (χ4v) is 3.74. The van der Waals surface area contributed by atoms with E-state index in [-0.39, 0.29) is 11.9 Å². The van der Waals surface area contributed by atoms with Gasteiger partial charge in [-0.05, 0) is 36.4 Å². The highest BCUT2D eigenvalue weighted by molar-refractivity contribution is 7.99. The second kappa shape index (κ2) is 6.20. The first-order valence-corrected chi connectivity index (χ1v) is 8.31. The van der Waals surface area contributed by atoms with Crippen LogP contribution in [0.5, 0.6) is 5.75 Å². The number of fused-ring (bicyclic) bond motifs is 2. The average Bonchev–Trinajstić information content (AvgIpc) is 2.50. The van der Waals surface area contributed by atoms with Gasteiger partial charge in [-0.15, -0.1) is 0 Å². The van der Waals surface area contributed by atoms with Crippen LogP contribution in [-0.4, -0.2) is 26.0 Å². The fraction of sp³-hybridized carbons (Fsp3) is 0.222. The molecule has 2 aromatic carbocycles. The van der Waals surface area contributed by atoms with Gasteiger partial charge in [0.2, 0.25) is 5.91 Å². The Balaban J connectivity index is 2.10. The average molecular weight is 342 g/mol. The quantitative estimate of drug-likeness (QED) is 0.613. The summed E-state index contributed by atoms with van der Waals surface area (Å²) in [6, 6.07) is 11.3. The number of amides is 1. The molecule has 124 valence electrons. The third kappa shape index (κ3) is 2.97. The number of carbonyl (C=O) groups excluding carboxylic acids is 2. The molecule has 2 aromatic rings. The second-order valence-corrected chi connectivity index (χ2v) is 6.81. The molecule has 0 aromatic heterocycles. The Morgan fingerprint density at radius 2 is 1.62 bits per heavy atom. The standard InChI is InChI=1S/C18H18N2O3S/c1-11(21)20-15-7-5-13(19(3)4)9-17(15)24-18-10-14(23-12(2)22)6-8-16(18)20/h5-10H,1-4H3. The summed E-state index contributed by atoms with van der Waals surface area (Å²) in [7, 11) is 3.95. The Hall–Kier alpha value is -2.47. The Bertz CT molecular complexity index is 833. The first-order valence-electron chi connectivity index (χ1n) is 7.49. The van der Waals surface area contributed by atoms with Crippen LogP contribution in [0.1, 0.15) is 13.8 Å². The van der Waals surface area contributed by atoms with Crippen LogP contribution in [0.15, 0.2) is 46.2 Å². The van der Waals surface area contributed by atoms with E-state index >= 15 is 0 Å². The molecule has 5 nitrogen and oxygen atoms in total. The Kier molecular flexibility index (Phi) is 4.24. The lowest BCUT2D eigenvalue weighted by Crippen LogP contribution is -2.26.